The highest BCUT2D eigenvalue weighted by atomic mass is 35.5. The maximum absolute atomic E-state index is 6.09. The number of nitrogens with zero attached hydrogens (tertiary/aromatic N) is 3. The number of hydrogen-bond donors (Lipinski definition) is 1. The molecule has 2 N–H and O–H groups in total. The molecule has 6 heteroatoms. The van der Waals surface area contributed by atoms with Gasteiger partial charge in [0, 0.05) is 0 Å². The molecule has 0 amide bonds. The molecule has 0 fully saturated rings. The Morgan fingerprint density at radius 3 is 2.89 bits per heavy atom. The Kier molecular flexibility index (Phi) is 4.90. The Morgan fingerprint density at radius 1 is 1.37 bits per heavy atom. The van der Waals surface area contributed by atoms with Crippen LogP contribution in [0.1, 0.15) is 12.2 Å². The summed E-state index contributed by atoms with van der Waals surface area (Å²) in [5.74, 6) is 1.10. The standard InChI is InChI=1S/C13H17ClN4O/c1-18(8-4-7-15)9-12-16-13(19-17-12)10-5-2-3-6-11(10)14/h2-3,5-6H,4,7-9,15H2,1H3. The lowest BCUT2D eigenvalue weighted by molar-refractivity contribution is 0.307. The summed E-state index contributed by atoms with van der Waals surface area (Å²) in [6, 6.07) is 7.41. The van der Waals surface area contributed by atoms with Crippen LogP contribution in [0.25, 0.3) is 11.5 Å². The van der Waals surface area contributed by atoms with Crippen LogP contribution in [-0.2, 0) is 6.54 Å². The molecule has 1 aromatic carbocycles. The molecule has 19 heavy (non-hydrogen) atoms. The molecule has 1 heterocycles. The van der Waals surface area contributed by atoms with Crippen molar-refractivity contribution < 1.29 is 4.52 Å². The first kappa shape index (κ1) is 14.0. The van der Waals surface area contributed by atoms with Crippen LogP contribution >= 0.6 is 11.6 Å². The summed E-state index contributed by atoms with van der Waals surface area (Å²) in [5, 5.41) is 4.57. The van der Waals surface area contributed by atoms with Gasteiger partial charge in [-0.2, -0.15) is 4.98 Å². The van der Waals surface area contributed by atoms with E-state index in [1.165, 1.54) is 0 Å². The molecule has 0 spiro atoms. The van der Waals surface area contributed by atoms with Crippen molar-refractivity contribution in [3.05, 3.63) is 35.1 Å². The average Bonchev–Trinajstić information content (AvgIpc) is 2.85. The van der Waals surface area contributed by atoms with Crippen LogP contribution < -0.4 is 5.73 Å². The van der Waals surface area contributed by atoms with E-state index in [0.29, 0.717) is 29.8 Å². The summed E-state index contributed by atoms with van der Waals surface area (Å²) in [6.45, 7) is 2.22. The quantitative estimate of drug-likeness (QED) is 0.878. The zero-order valence-corrected chi connectivity index (χ0v) is 11.6. The van der Waals surface area contributed by atoms with Crippen molar-refractivity contribution in [2.75, 3.05) is 20.1 Å². The Bertz CT molecular complexity index is 529. The van der Waals surface area contributed by atoms with E-state index in [9.17, 15) is 0 Å². The SMILES string of the molecule is CN(CCCN)Cc1noc(-c2ccccc2Cl)n1. The Hall–Kier alpha value is -1.43. The fourth-order valence-electron chi connectivity index (χ4n) is 1.74. The molecule has 0 aliphatic rings. The largest absolute Gasteiger partial charge is 0.334 e. The highest BCUT2D eigenvalue weighted by Gasteiger charge is 2.12. The van der Waals surface area contributed by atoms with Crippen LogP contribution in [0.5, 0.6) is 0 Å². The molecule has 102 valence electrons. The topological polar surface area (TPSA) is 68.2 Å². The van der Waals surface area contributed by atoms with Gasteiger partial charge in [-0.15, -0.1) is 0 Å². The summed E-state index contributed by atoms with van der Waals surface area (Å²) >= 11 is 6.09. The minimum Gasteiger partial charge on any atom is -0.334 e. The second-order valence-corrected chi connectivity index (χ2v) is 4.78. The van der Waals surface area contributed by atoms with E-state index in [4.69, 9.17) is 21.9 Å². The minimum absolute atomic E-state index is 0.452. The van der Waals surface area contributed by atoms with Crippen molar-refractivity contribution in [1.82, 2.24) is 15.0 Å². The molecule has 1 aromatic heterocycles. The van der Waals surface area contributed by atoms with E-state index in [-0.39, 0.29) is 0 Å². The Balaban J connectivity index is 2.05. The monoisotopic (exact) mass is 280 g/mol. The fourth-order valence-corrected chi connectivity index (χ4v) is 1.96. The second kappa shape index (κ2) is 6.65. The van der Waals surface area contributed by atoms with Gasteiger partial charge in [0.2, 0.25) is 0 Å². The molecule has 0 radical (unpaired) electrons. The van der Waals surface area contributed by atoms with Crippen molar-refractivity contribution in [3.8, 4) is 11.5 Å². The lowest BCUT2D eigenvalue weighted by Gasteiger charge is -2.12. The van der Waals surface area contributed by atoms with Crippen LogP contribution in [0.3, 0.4) is 0 Å². The van der Waals surface area contributed by atoms with E-state index in [1.807, 2.05) is 25.2 Å². The molecule has 2 rings (SSSR count). The van der Waals surface area contributed by atoms with Gasteiger partial charge in [0.1, 0.15) is 0 Å². The summed E-state index contributed by atoms with van der Waals surface area (Å²) in [7, 11) is 2.00. The van der Waals surface area contributed by atoms with Crippen molar-refractivity contribution in [1.29, 1.82) is 0 Å². The zero-order chi connectivity index (χ0) is 13.7. The maximum atomic E-state index is 6.09. The summed E-state index contributed by atoms with van der Waals surface area (Å²) in [4.78, 5) is 6.46. The first-order valence-corrected chi connectivity index (χ1v) is 6.54. The lowest BCUT2D eigenvalue weighted by Crippen LogP contribution is -2.21. The van der Waals surface area contributed by atoms with E-state index >= 15 is 0 Å². The summed E-state index contributed by atoms with van der Waals surface area (Å²) in [5.41, 5.74) is 6.23. The van der Waals surface area contributed by atoms with Gasteiger partial charge in [-0.1, -0.05) is 28.9 Å². The first-order valence-electron chi connectivity index (χ1n) is 6.17. The summed E-state index contributed by atoms with van der Waals surface area (Å²) in [6.07, 6.45) is 0.950. The molecule has 5 nitrogen and oxygen atoms in total. The summed E-state index contributed by atoms with van der Waals surface area (Å²) < 4.78 is 5.24. The minimum atomic E-state index is 0.452. The van der Waals surface area contributed by atoms with Gasteiger partial charge in [-0.3, -0.25) is 4.90 Å². The first-order chi connectivity index (χ1) is 9.20. The molecule has 0 aliphatic heterocycles. The molecular formula is C13H17ClN4O. The molecule has 0 saturated heterocycles. The number of hydrogen-bond acceptors (Lipinski definition) is 5. The fraction of sp³-hybridized carbons (Fsp3) is 0.385. The molecular weight excluding hydrogens is 264 g/mol. The van der Waals surface area contributed by atoms with Gasteiger partial charge in [0.25, 0.3) is 5.89 Å². The smallest absolute Gasteiger partial charge is 0.259 e. The van der Waals surface area contributed by atoms with Crippen LogP contribution in [0, 0.1) is 0 Å². The van der Waals surface area contributed by atoms with Crippen molar-refractivity contribution >= 4 is 11.6 Å². The van der Waals surface area contributed by atoms with Gasteiger partial charge in [-0.25, -0.2) is 0 Å². The normalized spacial score (nSPS) is 11.2. The number of benzene rings is 1. The van der Waals surface area contributed by atoms with E-state index in [2.05, 4.69) is 15.0 Å². The van der Waals surface area contributed by atoms with Crippen LogP contribution in [0.15, 0.2) is 28.8 Å². The van der Waals surface area contributed by atoms with Crippen molar-refractivity contribution in [3.63, 3.8) is 0 Å². The van der Waals surface area contributed by atoms with Crippen molar-refractivity contribution in [2.24, 2.45) is 5.73 Å². The molecule has 0 unspecified atom stereocenters. The molecule has 2 aromatic rings. The van der Waals surface area contributed by atoms with Gasteiger partial charge in [0.05, 0.1) is 17.1 Å². The van der Waals surface area contributed by atoms with E-state index in [0.717, 1.165) is 18.5 Å². The van der Waals surface area contributed by atoms with Gasteiger partial charge >= 0.3 is 0 Å². The van der Waals surface area contributed by atoms with E-state index < -0.39 is 0 Å². The molecule has 0 aliphatic carbocycles. The molecule has 0 saturated carbocycles. The molecule has 0 bridgehead atoms. The van der Waals surface area contributed by atoms with Crippen LogP contribution in [-0.4, -0.2) is 35.2 Å². The lowest BCUT2D eigenvalue weighted by atomic mass is 10.2. The number of halogens is 1. The third kappa shape index (κ3) is 3.76. The van der Waals surface area contributed by atoms with Gasteiger partial charge < -0.3 is 10.3 Å². The highest BCUT2D eigenvalue weighted by molar-refractivity contribution is 6.33. The third-order valence-electron chi connectivity index (χ3n) is 2.73. The highest BCUT2D eigenvalue weighted by Crippen LogP contribution is 2.25. The van der Waals surface area contributed by atoms with Crippen LogP contribution in [0.2, 0.25) is 5.02 Å². The van der Waals surface area contributed by atoms with Gasteiger partial charge in [0.15, 0.2) is 5.82 Å². The van der Waals surface area contributed by atoms with Gasteiger partial charge in [-0.05, 0) is 38.7 Å². The number of nitrogens with two attached hydrogens (primary N) is 1. The number of aromatic nitrogens is 2. The maximum Gasteiger partial charge on any atom is 0.259 e. The Morgan fingerprint density at radius 2 is 2.16 bits per heavy atom. The Labute approximate surface area is 117 Å². The average molecular weight is 281 g/mol. The predicted octanol–water partition coefficient (Wildman–Crippen LogP) is 2.17. The van der Waals surface area contributed by atoms with E-state index in [1.54, 1.807) is 6.07 Å². The van der Waals surface area contributed by atoms with Crippen LogP contribution in [0.4, 0.5) is 0 Å². The predicted molar refractivity (Wildman–Crippen MR) is 74.7 cm³/mol. The molecule has 0 atom stereocenters. The number of rotatable bonds is 6. The van der Waals surface area contributed by atoms with Crippen molar-refractivity contribution in [2.45, 2.75) is 13.0 Å². The third-order valence-corrected chi connectivity index (χ3v) is 3.06. The zero-order valence-electron chi connectivity index (χ0n) is 10.8. The second-order valence-electron chi connectivity index (χ2n) is 4.38.